The molecule has 0 aromatic carbocycles. The van der Waals surface area contributed by atoms with Gasteiger partial charge in [0.25, 0.3) is 5.91 Å². The minimum Gasteiger partial charge on any atom is -0.370 e. The average Bonchev–Trinajstić information content (AvgIpc) is 3.36. The van der Waals surface area contributed by atoms with E-state index in [0.717, 1.165) is 36.8 Å². The Morgan fingerprint density at radius 3 is 2.70 bits per heavy atom. The molecule has 0 atom stereocenters. The summed E-state index contributed by atoms with van der Waals surface area (Å²) in [4.78, 5) is 19.0. The van der Waals surface area contributed by atoms with Crippen LogP contribution in [0.2, 0.25) is 0 Å². The molecule has 108 valence electrons. The van der Waals surface area contributed by atoms with Crippen LogP contribution < -0.4 is 5.32 Å². The molecule has 2 fully saturated rings. The molecule has 4 heteroatoms. The van der Waals surface area contributed by atoms with Crippen molar-refractivity contribution in [1.29, 1.82) is 0 Å². The van der Waals surface area contributed by atoms with Crippen LogP contribution in [0.5, 0.6) is 0 Å². The van der Waals surface area contributed by atoms with Crippen LogP contribution >= 0.6 is 0 Å². The molecule has 1 amide bonds. The van der Waals surface area contributed by atoms with Gasteiger partial charge in [-0.15, -0.1) is 0 Å². The van der Waals surface area contributed by atoms with Gasteiger partial charge in [0.1, 0.15) is 5.82 Å². The minimum atomic E-state index is 0.161. The first-order valence-corrected chi connectivity index (χ1v) is 7.79. The van der Waals surface area contributed by atoms with Crippen LogP contribution in [0, 0.1) is 5.92 Å². The number of nitrogens with zero attached hydrogens (tertiary/aromatic N) is 2. The quantitative estimate of drug-likeness (QED) is 0.831. The van der Waals surface area contributed by atoms with Crippen molar-refractivity contribution in [2.45, 2.75) is 45.1 Å². The molecule has 2 aliphatic carbocycles. The first-order chi connectivity index (χ1) is 9.78. The monoisotopic (exact) mass is 273 g/mol. The lowest BCUT2D eigenvalue weighted by atomic mass is 10.2. The molecule has 1 heterocycles. The lowest BCUT2D eigenvalue weighted by Crippen LogP contribution is -2.35. The van der Waals surface area contributed by atoms with Crippen molar-refractivity contribution in [3.05, 3.63) is 23.9 Å². The number of carbonyl (C=O) groups is 1. The second kappa shape index (κ2) is 5.81. The van der Waals surface area contributed by atoms with E-state index in [0.29, 0.717) is 6.04 Å². The molecule has 0 unspecified atom stereocenters. The maximum atomic E-state index is 12.6. The summed E-state index contributed by atoms with van der Waals surface area (Å²) in [7, 11) is 0. The summed E-state index contributed by atoms with van der Waals surface area (Å²) in [5, 5.41) is 3.23. The fourth-order valence-electron chi connectivity index (χ4n) is 2.41. The van der Waals surface area contributed by atoms with Crippen LogP contribution in [0.15, 0.2) is 18.3 Å². The lowest BCUT2D eigenvalue weighted by molar-refractivity contribution is 0.0734. The number of hydrogen-bond acceptors (Lipinski definition) is 3. The molecule has 0 aliphatic heterocycles. The Morgan fingerprint density at radius 2 is 2.15 bits per heavy atom. The fraction of sp³-hybridized carbons (Fsp3) is 0.625. The van der Waals surface area contributed by atoms with Crippen LogP contribution in [-0.4, -0.2) is 34.9 Å². The number of nitrogens with one attached hydrogen (secondary N) is 1. The minimum absolute atomic E-state index is 0.161. The molecule has 4 nitrogen and oxygen atoms in total. The average molecular weight is 273 g/mol. The van der Waals surface area contributed by atoms with Crippen LogP contribution in [0.4, 0.5) is 5.82 Å². The van der Waals surface area contributed by atoms with Gasteiger partial charge in [-0.1, -0.05) is 6.92 Å². The molecule has 0 radical (unpaired) electrons. The van der Waals surface area contributed by atoms with Gasteiger partial charge in [0.05, 0.1) is 5.56 Å². The maximum Gasteiger partial charge on any atom is 0.255 e. The SMILES string of the molecule is CCCNc1ccc(C(=O)N(CC2CC2)C2CC2)cn1. The van der Waals surface area contributed by atoms with Gasteiger partial charge in [-0.2, -0.15) is 0 Å². The summed E-state index contributed by atoms with van der Waals surface area (Å²) >= 11 is 0. The number of amides is 1. The molecule has 0 bridgehead atoms. The normalized spacial score (nSPS) is 17.9. The zero-order valence-corrected chi connectivity index (χ0v) is 12.1. The van der Waals surface area contributed by atoms with Crippen molar-refractivity contribution in [2.24, 2.45) is 5.92 Å². The second-order valence-corrected chi connectivity index (χ2v) is 5.99. The predicted molar refractivity (Wildman–Crippen MR) is 79.8 cm³/mol. The van der Waals surface area contributed by atoms with E-state index in [4.69, 9.17) is 0 Å². The van der Waals surface area contributed by atoms with Crippen molar-refractivity contribution in [3.8, 4) is 0 Å². The smallest absolute Gasteiger partial charge is 0.255 e. The maximum absolute atomic E-state index is 12.6. The zero-order valence-electron chi connectivity index (χ0n) is 12.1. The Labute approximate surface area is 120 Å². The molecule has 2 aliphatic rings. The highest BCUT2D eigenvalue weighted by Crippen LogP contribution is 2.35. The van der Waals surface area contributed by atoms with Crippen LogP contribution in [0.1, 0.15) is 49.4 Å². The summed E-state index contributed by atoms with van der Waals surface area (Å²) in [6.45, 7) is 3.98. The topological polar surface area (TPSA) is 45.2 Å². The Balaban J connectivity index is 1.65. The predicted octanol–water partition coefficient (Wildman–Crippen LogP) is 2.92. The largest absolute Gasteiger partial charge is 0.370 e. The van der Waals surface area contributed by atoms with Crippen LogP contribution in [0.25, 0.3) is 0 Å². The van der Waals surface area contributed by atoms with Crippen LogP contribution in [0.3, 0.4) is 0 Å². The number of pyridine rings is 1. The summed E-state index contributed by atoms with van der Waals surface area (Å²) in [6.07, 6.45) is 7.69. The van der Waals surface area contributed by atoms with E-state index in [2.05, 4.69) is 22.1 Å². The third kappa shape index (κ3) is 3.30. The van der Waals surface area contributed by atoms with Crippen molar-refractivity contribution in [3.63, 3.8) is 0 Å². The van der Waals surface area contributed by atoms with Gasteiger partial charge in [-0.25, -0.2) is 4.98 Å². The molecule has 3 rings (SSSR count). The lowest BCUT2D eigenvalue weighted by Gasteiger charge is -2.22. The van der Waals surface area contributed by atoms with Crippen LogP contribution in [-0.2, 0) is 0 Å². The van der Waals surface area contributed by atoms with Crippen molar-refractivity contribution in [1.82, 2.24) is 9.88 Å². The van der Waals surface area contributed by atoms with Gasteiger partial charge in [0.2, 0.25) is 0 Å². The molecule has 0 saturated heterocycles. The zero-order chi connectivity index (χ0) is 13.9. The summed E-state index contributed by atoms with van der Waals surface area (Å²) < 4.78 is 0. The van der Waals surface area contributed by atoms with Crippen molar-refractivity contribution in [2.75, 3.05) is 18.4 Å². The van der Waals surface area contributed by atoms with Gasteiger partial charge in [0, 0.05) is 25.3 Å². The molecule has 0 spiro atoms. The van der Waals surface area contributed by atoms with E-state index in [1.54, 1.807) is 6.20 Å². The molecule has 20 heavy (non-hydrogen) atoms. The Kier molecular flexibility index (Phi) is 3.90. The van der Waals surface area contributed by atoms with E-state index in [9.17, 15) is 4.79 Å². The van der Waals surface area contributed by atoms with Crippen molar-refractivity contribution >= 4 is 11.7 Å². The highest BCUT2D eigenvalue weighted by molar-refractivity contribution is 5.94. The van der Waals surface area contributed by atoms with E-state index in [1.165, 1.54) is 25.7 Å². The third-order valence-corrected chi connectivity index (χ3v) is 3.97. The number of anilines is 1. The highest BCUT2D eigenvalue weighted by atomic mass is 16.2. The number of carbonyl (C=O) groups excluding carboxylic acids is 1. The molecule has 1 aromatic rings. The van der Waals surface area contributed by atoms with Gasteiger partial charge in [-0.05, 0) is 50.2 Å². The molecular weight excluding hydrogens is 250 g/mol. The molecule has 1 aromatic heterocycles. The van der Waals surface area contributed by atoms with Gasteiger partial charge >= 0.3 is 0 Å². The number of hydrogen-bond donors (Lipinski definition) is 1. The standard InChI is InChI=1S/C16H23N3O/c1-2-9-17-15-8-5-13(10-18-15)16(20)19(14-6-7-14)11-12-3-4-12/h5,8,10,12,14H,2-4,6-7,9,11H2,1H3,(H,17,18). The van der Waals surface area contributed by atoms with Crippen molar-refractivity contribution < 1.29 is 4.79 Å². The summed E-state index contributed by atoms with van der Waals surface area (Å²) in [5.41, 5.74) is 0.722. The molecule has 1 N–H and O–H groups in total. The van der Waals surface area contributed by atoms with E-state index >= 15 is 0 Å². The highest BCUT2D eigenvalue weighted by Gasteiger charge is 2.36. The van der Waals surface area contributed by atoms with E-state index in [-0.39, 0.29) is 5.91 Å². The number of aromatic nitrogens is 1. The van der Waals surface area contributed by atoms with E-state index in [1.807, 2.05) is 12.1 Å². The van der Waals surface area contributed by atoms with Gasteiger partial charge in [0.15, 0.2) is 0 Å². The van der Waals surface area contributed by atoms with Gasteiger partial charge in [-0.3, -0.25) is 4.79 Å². The Bertz CT molecular complexity index is 463. The summed E-state index contributed by atoms with van der Waals surface area (Å²) in [6, 6.07) is 4.29. The molecular formula is C16H23N3O. The Hall–Kier alpha value is -1.58. The van der Waals surface area contributed by atoms with Gasteiger partial charge < -0.3 is 10.2 Å². The fourth-order valence-corrected chi connectivity index (χ4v) is 2.41. The first kappa shape index (κ1) is 13.4. The third-order valence-electron chi connectivity index (χ3n) is 3.97. The second-order valence-electron chi connectivity index (χ2n) is 5.99. The molecule has 2 saturated carbocycles. The summed E-state index contributed by atoms with van der Waals surface area (Å²) in [5.74, 6) is 1.76. The first-order valence-electron chi connectivity index (χ1n) is 7.79. The number of rotatable bonds is 7. The Morgan fingerprint density at radius 1 is 1.35 bits per heavy atom. The van der Waals surface area contributed by atoms with E-state index < -0.39 is 0 Å².